The van der Waals surface area contributed by atoms with Gasteiger partial charge in [0.2, 0.25) is 5.88 Å². The lowest BCUT2D eigenvalue weighted by molar-refractivity contribution is 0.454. The van der Waals surface area contributed by atoms with Crippen LogP contribution in [0.15, 0.2) is 29.0 Å². The molecule has 0 aliphatic heterocycles. The van der Waals surface area contributed by atoms with Gasteiger partial charge in [-0.05, 0) is 24.6 Å². The van der Waals surface area contributed by atoms with Gasteiger partial charge in [0.05, 0.1) is 10.6 Å². The molecular weight excluding hydrogens is 351 g/mol. The maximum absolute atomic E-state index is 6.09. The minimum Gasteiger partial charge on any atom is -0.437 e. The summed E-state index contributed by atoms with van der Waals surface area (Å²) < 4.78 is 6.64. The van der Waals surface area contributed by atoms with Crippen molar-refractivity contribution in [1.82, 2.24) is 9.97 Å². The van der Waals surface area contributed by atoms with Crippen LogP contribution in [0.5, 0.6) is 11.6 Å². The SMILES string of the molecule is CCCc1c(Cl)ncnc1Oc1cc(Br)ccc1Cl. The van der Waals surface area contributed by atoms with Crippen molar-refractivity contribution in [3.8, 4) is 11.6 Å². The second-order valence-electron chi connectivity index (χ2n) is 3.87. The first-order valence-electron chi connectivity index (χ1n) is 5.74. The molecule has 2 aromatic rings. The van der Waals surface area contributed by atoms with Gasteiger partial charge in [0, 0.05) is 4.47 Å². The highest BCUT2D eigenvalue weighted by Gasteiger charge is 2.13. The zero-order chi connectivity index (χ0) is 13.8. The van der Waals surface area contributed by atoms with Gasteiger partial charge in [-0.2, -0.15) is 0 Å². The monoisotopic (exact) mass is 360 g/mol. The van der Waals surface area contributed by atoms with Gasteiger partial charge in [0.25, 0.3) is 0 Å². The normalized spacial score (nSPS) is 10.5. The van der Waals surface area contributed by atoms with E-state index in [0.29, 0.717) is 21.8 Å². The predicted molar refractivity (Wildman–Crippen MR) is 80.3 cm³/mol. The minimum absolute atomic E-state index is 0.415. The lowest BCUT2D eigenvalue weighted by atomic mass is 10.2. The molecule has 0 bridgehead atoms. The van der Waals surface area contributed by atoms with E-state index in [4.69, 9.17) is 27.9 Å². The summed E-state index contributed by atoms with van der Waals surface area (Å²) in [5, 5.41) is 0.929. The minimum atomic E-state index is 0.415. The average Bonchev–Trinajstić information content (AvgIpc) is 2.38. The Hall–Kier alpha value is -0.840. The summed E-state index contributed by atoms with van der Waals surface area (Å²) in [6.45, 7) is 2.05. The summed E-state index contributed by atoms with van der Waals surface area (Å²) in [5.74, 6) is 0.977. The smallest absolute Gasteiger partial charge is 0.227 e. The van der Waals surface area contributed by atoms with Gasteiger partial charge < -0.3 is 4.74 Å². The van der Waals surface area contributed by atoms with Crippen LogP contribution in [0.4, 0.5) is 0 Å². The van der Waals surface area contributed by atoms with Crippen molar-refractivity contribution in [3.05, 3.63) is 44.7 Å². The van der Waals surface area contributed by atoms with Gasteiger partial charge >= 0.3 is 0 Å². The Labute approximate surface area is 130 Å². The first-order chi connectivity index (χ1) is 9.11. The van der Waals surface area contributed by atoms with Crippen LogP contribution in [-0.4, -0.2) is 9.97 Å². The molecule has 0 N–H and O–H groups in total. The summed E-state index contributed by atoms with van der Waals surface area (Å²) in [7, 11) is 0. The third-order valence-electron chi connectivity index (χ3n) is 2.45. The van der Waals surface area contributed by atoms with Crippen LogP contribution in [0.2, 0.25) is 10.2 Å². The molecule has 0 aliphatic rings. The van der Waals surface area contributed by atoms with Gasteiger partial charge in [-0.1, -0.05) is 52.5 Å². The maximum Gasteiger partial charge on any atom is 0.227 e. The Morgan fingerprint density at radius 3 is 2.79 bits per heavy atom. The van der Waals surface area contributed by atoms with Gasteiger partial charge in [0.15, 0.2) is 0 Å². The summed E-state index contributed by atoms with van der Waals surface area (Å²) in [6.07, 6.45) is 3.05. The van der Waals surface area contributed by atoms with Crippen molar-refractivity contribution in [2.75, 3.05) is 0 Å². The van der Waals surface area contributed by atoms with Crippen molar-refractivity contribution >= 4 is 39.1 Å². The summed E-state index contributed by atoms with van der Waals surface area (Å²) >= 11 is 15.5. The van der Waals surface area contributed by atoms with E-state index >= 15 is 0 Å². The molecule has 0 unspecified atom stereocenters. The number of nitrogens with zero attached hydrogens (tertiary/aromatic N) is 2. The zero-order valence-electron chi connectivity index (χ0n) is 10.2. The molecule has 0 saturated heterocycles. The van der Waals surface area contributed by atoms with Crippen LogP contribution >= 0.6 is 39.1 Å². The summed E-state index contributed by atoms with van der Waals surface area (Å²) in [4.78, 5) is 8.10. The van der Waals surface area contributed by atoms with Crippen molar-refractivity contribution in [2.24, 2.45) is 0 Å². The summed E-state index contributed by atoms with van der Waals surface area (Å²) in [6, 6.07) is 5.38. The van der Waals surface area contributed by atoms with E-state index in [1.54, 1.807) is 12.1 Å². The maximum atomic E-state index is 6.09. The fourth-order valence-electron chi connectivity index (χ4n) is 1.58. The largest absolute Gasteiger partial charge is 0.437 e. The molecule has 0 spiro atoms. The van der Waals surface area contributed by atoms with Crippen molar-refractivity contribution in [3.63, 3.8) is 0 Å². The molecule has 6 heteroatoms. The molecule has 0 fully saturated rings. The highest BCUT2D eigenvalue weighted by atomic mass is 79.9. The molecule has 2 rings (SSSR count). The van der Waals surface area contributed by atoms with E-state index in [2.05, 4.69) is 32.8 Å². The average molecular weight is 362 g/mol. The van der Waals surface area contributed by atoms with Gasteiger partial charge in [-0.15, -0.1) is 0 Å². The Morgan fingerprint density at radius 2 is 2.05 bits per heavy atom. The molecule has 3 nitrogen and oxygen atoms in total. The molecule has 19 heavy (non-hydrogen) atoms. The molecule has 0 amide bonds. The van der Waals surface area contributed by atoms with Crippen LogP contribution in [0, 0.1) is 0 Å². The van der Waals surface area contributed by atoms with Gasteiger partial charge in [0.1, 0.15) is 17.2 Å². The highest BCUT2D eigenvalue weighted by molar-refractivity contribution is 9.10. The lowest BCUT2D eigenvalue weighted by Gasteiger charge is -2.11. The van der Waals surface area contributed by atoms with Gasteiger partial charge in [-0.3, -0.25) is 0 Å². The number of hydrogen-bond donors (Lipinski definition) is 0. The lowest BCUT2D eigenvalue weighted by Crippen LogP contribution is -1.98. The zero-order valence-corrected chi connectivity index (χ0v) is 13.3. The van der Waals surface area contributed by atoms with E-state index in [1.165, 1.54) is 6.33 Å². The van der Waals surface area contributed by atoms with Gasteiger partial charge in [-0.25, -0.2) is 9.97 Å². The number of aromatic nitrogens is 2. The molecule has 0 atom stereocenters. The first-order valence-corrected chi connectivity index (χ1v) is 7.29. The number of benzene rings is 1. The van der Waals surface area contributed by atoms with E-state index in [-0.39, 0.29) is 0 Å². The topological polar surface area (TPSA) is 35.0 Å². The fourth-order valence-corrected chi connectivity index (χ4v) is 2.30. The van der Waals surface area contributed by atoms with Crippen LogP contribution in [0.25, 0.3) is 0 Å². The Bertz CT molecular complexity index is 593. The van der Waals surface area contributed by atoms with Crippen LogP contribution in [0.1, 0.15) is 18.9 Å². The number of ether oxygens (including phenoxy) is 1. The van der Waals surface area contributed by atoms with Crippen molar-refractivity contribution < 1.29 is 4.74 Å². The van der Waals surface area contributed by atoms with E-state index < -0.39 is 0 Å². The standard InChI is InChI=1S/C13H11BrCl2N2O/c1-2-3-9-12(16)17-7-18-13(9)19-11-6-8(14)4-5-10(11)15/h4-7H,2-3H2,1H3. The number of halogens is 3. The number of hydrogen-bond acceptors (Lipinski definition) is 3. The molecule has 1 aromatic heterocycles. The van der Waals surface area contributed by atoms with E-state index in [1.807, 2.05) is 6.07 Å². The van der Waals surface area contributed by atoms with Crippen molar-refractivity contribution in [1.29, 1.82) is 0 Å². The second kappa shape index (κ2) is 6.55. The van der Waals surface area contributed by atoms with Crippen LogP contribution < -0.4 is 4.74 Å². The summed E-state index contributed by atoms with van der Waals surface area (Å²) in [5.41, 5.74) is 0.794. The van der Waals surface area contributed by atoms with E-state index in [0.717, 1.165) is 22.9 Å². The fraction of sp³-hybridized carbons (Fsp3) is 0.231. The van der Waals surface area contributed by atoms with E-state index in [9.17, 15) is 0 Å². The van der Waals surface area contributed by atoms with Crippen molar-refractivity contribution in [2.45, 2.75) is 19.8 Å². The Kier molecular flexibility index (Phi) is 5.02. The van der Waals surface area contributed by atoms with Crippen LogP contribution in [-0.2, 0) is 6.42 Å². The molecule has 100 valence electrons. The molecule has 0 aliphatic carbocycles. The third-order valence-corrected chi connectivity index (χ3v) is 3.58. The molecular formula is C13H11BrCl2N2O. The molecule has 1 heterocycles. The quantitative estimate of drug-likeness (QED) is 0.694. The van der Waals surface area contributed by atoms with Crippen LogP contribution in [0.3, 0.4) is 0 Å². The Balaban J connectivity index is 2.37. The third kappa shape index (κ3) is 3.59. The Morgan fingerprint density at radius 1 is 1.26 bits per heavy atom. The molecule has 0 saturated carbocycles. The predicted octanol–water partition coefficient (Wildman–Crippen LogP) is 5.29. The number of rotatable bonds is 4. The first kappa shape index (κ1) is 14.6. The molecule has 1 aromatic carbocycles. The second-order valence-corrected chi connectivity index (χ2v) is 5.56. The molecule has 0 radical (unpaired) electrons. The highest BCUT2D eigenvalue weighted by Crippen LogP contribution is 2.34.